The van der Waals surface area contributed by atoms with Gasteiger partial charge in [-0.05, 0) is 24.0 Å². The fourth-order valence-corrected chi connectivity index (χ4v) is 2.30. The van der Waals surface area contributed by atoms with E-state index < -0.39 is 0 Å². The Balaban J connectivity index is 2.10. The van der Waals surface area contributed by atoms with Gasteiger partial charge in [0, 0.05) is 18.3 Å². The Bertz CT molecular complexity index is 420. The topological polar surface area (TPSA) is 64.3 Å². The summed E-state index contributed by atoms with van der Waals surface area (Å²) >= 11 is 0. The number of hydrogen-bond acceptors (Lipinski definition) is 3. The van der Waals surface area contributed by atoms with E-state index in [0.717, 1.165) is 30.9 Å². The Hall–Kier alpha value is -1.55. The van der Waals surface area contributed by atoms with Crippen LogP contribution in [0.5, 0.6) is 0 Å². The van der Waals surface area contributed by atoms with Crippen LogP contribution in [0.2, 0.25) is 0 Å². The molecule has 1 aromatic rings. The molecule has 1 heterocycles. The SMILES string of the molecule is CC1COCCC1Nc1ccccc1CC(N)=O. The lowest BCUT2D eigenvalue weighted by Crippen LogP contribution is -2.36. The van der Waals surface area contributed by atoms with Crippen LogP contribution in [0.15, 0.2) is 24.3 Å². The van der Waals surface area contributed by atoms with Gasteiger partial charge in [0.15, 0.2) is 0 Å². The second-order valence-electron chi connectivity index (χ2n) is 4.89. The Kier molecular flexibility index (Phi) is 4.20. The maximum absolute atomic E-state index is 11.1. The first-order chi connectivity index (χ1) is 8.66. The number of ether oxygens (including phenoxy) is 1. The summed E-state index contributed by atoms with van der Waals surface area (Å²) in [4.78, 5) is 11.1. The average Bonchev–Trinajstić information content (AvgIpc) is 2.34. The summed E-state index contributed by atoms with van der Waals surface area (Å²) in [6, 6.07) is 8.23. The van der Waals surface area contributed by atoms with Gasteiger partial charge in [0.25, 0.3) is 0 Å². The van der Waals surface area contributed by atoms with Gasteiger partial charge in [0.05, 0.1) is 13.0 Å². The molecule has 1 amide bonds. The zero-order valence-corrected chi connectivity index (χ0v) is 10.7. The minimum atomic E-state index is -0.302. The number of primary amides is 1. The summed E-state index contributed by atoms with van der Waals surface area (Å²) in [6.07, 6.45) is 1.27. The fraction of sp³-hybridized carbons (Fsp3) is 0.500. The van der Waals surface area contributed by atoms with Crippen molar-refractivity contribution in [1.82, 2.24) is 0 Å². The van der Waals surface area contributed by atoms with Crippen LogP contribution in [-0.2, 0) is 16.0 Å². The number of amides is 1. The van der Waals surface area contributed by atoms with E-state index in [4.69, 9.17) is 10.5 Å². The molecule has 2 unspecified atom stereocenters. The third-order valence-corrected chi connectivity index (χ3v) is 3.36. The number of carbonyl (C=O) groups is 1. The lowest BCUT2D eigenvalue weighted by molar-refractivity contribution is -0.117. The number of carbonyl (C=O) groups excluding carboxylic acids is 1. The average molecular weight is 248 g/mol. The van der Waals surface area contributed by atoms with Crippen LogP contribution in [0.4, 0.5) is 5.69 Å². The number of benzene rings is 1. The monoisotopic (exact) mass is 248 g/mol. The lowest BCUT2D eigenvalue weighted by atomic mass is 9.97. The fourth-order valence-electron chi connectivity index (χ4n) is 2.30. The summed E-state index contributed by atoms with van der Waals surface area (Å²) in [7, 11) is 0. The first-order valence-corrected chi connectivity index (χ1v) is 6.37. The second-order valence-corrected chi connectivity index (χ2v) is 4.89. The zero-order chi connectivity index (χ0) is 13.0. The van der Waals surface area contributed by atoms with Crippen molar-refractivity contribution in [3.8, 4) is 0 Å². The number of anilines is 1. The molecule has 3 N–H and O–H groups in total. The largest absolute Gasteiger partial charge is 0.382 e. The first kappa shape index (κ1) is 12.9. The van der Waals surface area contributed by atoms with Crippen molar-refractivity contribution in [2.24, 2.45) is 11.7 Å². The van der Waals surface area contributed by atoms with Crippen molar-refractivity contribution < 1.29 is 9.53 Å². The van der Waals surface area contributed by atoms with Crippen LogP contribution in [0.1, 0.15) is 18.9 Å². The first-order valence-electron chi connectivity index (χ1n) is 6.37. The molecule has 4 heteroatoms. The van der Waals surface area contributed by atoms with Crippen LogP contribution in [0.25, 0.3) is 0 Å². The molecule has 0 radical (unpaired) electrons. The van der Waals surface area contributed by atoms with Gasteiger partial charge in [-0.25, -0.2) is 0 Å². The standard InChI is InChI=1S/C14H20N2O2/c1-10-9-18-7-6-12(10)16-13-5-3-2-4-11(13)8-14(15)17/h2-5,10,12,16H,6-9H2,1H3,(H2,15,17). The van der Waals surface area contributed by atoms with E-state index in [-0.39, 0.29) is 12.3 Å². The summed E-state index contributed by atoms with van der Waals surface area (Å²) < 4.78 is 5.43. The number of hydrogen-bond donors (Lipinski definition) is 2. The molecule has 0 saturated carbocycles. The zero-order valence-electron chi connectivity index (χ0n) is 10.7. The molecule has 2 rings (SSSR count). The smallest absolute Gasteiger partial charge is 0.221 e. The van der Waals surface area contributed by atoms with Gasteiger partial charge in [0.1, 0.15) is 0 Å². The van der Waals surface area contributed by atoms with Crippen molar-refractivity contribution in [2.75, 3.05) is 18.5 Å². The maximum Gasteiger partial charge on any atom is 0.221 e. The molecule has 0 bridgehead atoms. The molecule has 2 atom stereocenters. The van der Waals surface area contributed by atoms with Crippen LogP contribution in [-0.4, -0.2) is 25.2 Å². The van der Waals surface area contributed by atoms with E-state index in [1.807, 2.05) is 24.3 Å². The van der Waals surface area contributed by atoms with Gasteiger partial charge in [-0.15, -0.1) is 0 Å². The van der Waals surface area contributed by atoms with E-state index in [0.29, 0.717) is 12.0 Å². The van der Waals surface area contributed by atoms with Crippen LogP contribution in [0.3, 0.4) is 0 Å². The van der Waals surface area contributed by atoms with E-state index >= 15 is 0 Å². The predicted octanol–water partition coefficient (Wildman–Crippen LogP) is 1.55. The highest BCUT2D eigenvalue weighted by Crippen LogP contribution is 2.22. The molecule has 1 aliphatic heterocycles. The lowest BCUT2D eigenvalue weighted by Gasteiger charge is -2.31. The highest BCUT2D eigenvalue weighted by Gasteiger charge is 2.22. The third kappa shape index (κ3) is 3.23. The normalized spacial score (nSPS) is 23.6. The van der Waals surface area contributed by atoms with Gasteiger partial charge >= 0.3 is 0 Å². The Labute approximate surface area is 108 Å². The van der Waals surface area contributed by atoms with E-state index in [1.165, 1.54) is 0 Å². The molecule has 1 aliphatic rings. The van der Waals surface area contributed by atoms with Crippen LogP contribution >= 0.6 is 0 Å². The highest BCUT2D eigenvalue weighted by molar-refractivity contribution is 5.78. The Morgan fingerprint density at radius 1 is 1.50 bits per heavy atom. The van der Waals surface area contributed by atoms with Gasteiger partial charge < -0.3 is 15.8 Å². The van der Waals surface area contributed by atoms with Crippen molar-refractivity contribution in [1.29, 1.82) is 0 Å². The number of nitrogens with one attached hydrogen (secondary N) is 1. The summed E-state index contributed by atoms with van der Waals surface area (Å²) in [5.41, 5.74) is 7.24. The van der Waals surface area contributed by atoms with Crippen molar-refractivity contribution in [3.05, 3.63) is 29.8 Å². The third-order valence-electron chi connectivity index (χ3n) is 3.36. The summed E-state index contributed by atoms with van der Waals surface area (Å²) in [5.74, 6) is 0.171. The van der Waals surface area contributed by atoms with Gasteiger partial charge in [-0.2, -0.15) is 0 Å². The number of rotatable bonds is 4. The molecule has 18 heavy (non-hydrogen) atoms. The minimum Gasteiger partial charge on any atom is -0.382 e. The molecule has 98 valence electrons. The molecular weight excluding hydrogens is 228 g/mol. The van der Waals surface area contributed by atoms with Gasteiger partial charge in [-0.1, -0.05) is 25.1 Å². The highest BCUT2D eigenvalue weighted by atomic mass is 16.5. The molecule has 1 saturated heterocycles. The molecule has 0 aliphatic carbocycles. The Morgan fingerprint density at radius 2 is 2.28 bits per heavy atom. The summed E-state index contributed by atoms with van der Waals surface area (Å²) in [6.45, 7) is 3.75. The van der Waals surface area contributed by atoms with Crippen molar-refractivity contribution >= 4 is 11.6 Å². The molecule has 1 aromatic carbocycles. The number of para-hydroxylation sites is 1. The molecule has 0 aromatic heterocycles. The van der Waals surface area contributed by atoms with Crippen molar-refractivity contribution in [3.63, 3.8) is 0 Å². The molecule has 0 spiro atoms. The second kappa shape index (κ2) is 5.87. The molecular formula is C14H20N2O2. The van der Waals surface area contributed by atoms with Gasteiger partial charge in [-0.3, -0.25) is 4.79 Å². The predicted molar refractivity (Wildman–Crippen MR) is 71.4 cm³/mol. The Morgan fingerprint density at radius 3 is 3.00 bits per heavy atom. The number of nitrogens with two attached hydrogens (primary N) is 1. The van der Waals surface area contributed by atoms with Crippen molar-refractivity contribution in [2.45, 2.75) is 25.8 Å². The van der Waals surface area contributed by atoms with Crippen LogP contribution < -0.4 is 11.1 Å². The quantitative estimate of drug-likeness (QED) is 0.849. The van der Waals surface area contributed by atoms with E-state index in [1.54, 1.807) is 0 Å². The maximum atomic E-state index is 11.1. The van der Waals surface area contributed by atoms with E-state index in [2.05, 4.69) is 12.2 Å². The molecule has 4 nitrogen and oxygen atoms in total. The van der Waals surface area contributed by atoms with Crippen LogP contribution in [0, 0.1) is 5.92 Å². The van der Waals surface area contributed by atoms with Gasteiger partial charge in [0.2, 0.25) is 5.91 Å². The minimum absolute atomic E-state index is 0.279. The summed E-state index contributed by atoms with van der Waals surface area (Å²) in [5, 5.41) is 3.52. The van der Waals surface area contributed by atoms with E-state index in [9.17, 15) is 4.79 Å². The molecule has 1 fully saturated rings.